The number of para-hydroxylation sites is 2. The maximum absolute atomic E-state index is 9.32. The highest BCUT2D eigenvalue weighted by molar-refractivity contribution is 6.32. The number of rotatable bonds is 4. The van der Waals surface area contributed by atoms with Crippen molar-refractivity contribution in [2.75, 3.05) is 7.11 Å². The Balaban J connectivity index is 2.09. The standard InChI is InChI=1S/C14H13ClO3/c1-17-13-4-2-3-5-14(13)18-9-10-6-7-12(16)11(15)8-10/h2-8,16H,9H2,1H3. The molecule has 0 aliphatic rings. The molecule has 18 heavy (non-hydrogen) atoms. The summed E-state index contributed by atoms with van der Waals surface area (Å²) in [7, 11) is 1.60. The number of methoxy groups -OCH3 is 1. The van der Waals surface area contributed by atoms with Gasteiger partial charge in [-0.2, -0.15) is 0 Å². The molecule has 0 heterocycles. The number of benzene rings is 2. The van der Waals surface area contributed by atoms with Crippen LogP contribution in [-0.2, 0) is 6.61 Å². The largest absolute Gasteiger partial charge is 0.506 e. The van der Waals surface area contributed by atoms with Gasteiger partial charge in [-0.25, -0.2) is 0 Å². The molecule has 4 heteroatoms. The second-order valence-electron chi connectivity index (χ2n) is 3.73. The molecule has 3 nitrogen and oxygen atoms in total. The zero-order valence-corrected chi connectivity index (χ0v) is 10.6. The molecule has 2 rings (SSSR count). The van der Waals surface area contributed by atoms with E-state index in [1.807, 2.05) is 24.3 Å². The van der Waals surface area contributed by atoms with Crippen molar-refractivity contribution in [3.63, 3.8) is 0 Å². The fraction of sp³-hybridized carbons (Fsp3) is 0.143. The molecule has 0 bridgehead atoms. The highest BCUT2D eigenvalue weighted by atomic mass is 35.5. The third-order valence-corrected chi connectivity index (χ3v) is 2.78. The van der Waals surface area contributed by atoms with E-state index in [-0.39, 0.29) is 5.75 Å². The number of ether oxygens (including phenoxy) is 2. The summed E-state index contributed by atoms with van der Waals surface area (Å²) in [6, 6.07) is 12.4. The van der Waals surface area contributed by atoms with Crippen LogP contribution in [0.2, 0.25) is 5.02 Å². The molecule has 0 radical (unpaired) electrons. The Bertz CT molecular complexity index is 540. The van der Waals surface area contributed by atoms with E-state index in [4.69, 9.17) is 21.1 Å². The highest BCUT2D eigenvalue weighted by Crippen LogP contribution is 2.28. The van der Waals surface area contributed by atoms with Crippen molar-refractivity contribution in [2.24, 2.45) is 0 Å². The van der Waals surface area contributed by atoms with Crippen molar-refractivity contribution in [1.82, 2.24) is 0 Å². The number of halogens is 1. The molecule has 94 valence electrons. The van der Waals surface area contributed by atoms with Gasteiger partial charge in [0.1, 0.15) is 12.4 Å². The fourth-order valence-electron chi connectivity index (χ4n) is 1.54. The predicted molar refractivity (Wildman–Crippen MR) is 70.4 cm³/mol. The van der Waals surface area contributed by atoms with Gasteiger partial charge in [0, 0.05) is 0 Å². The van der Waals surface area contributed by atoms with Crippen LogP contribution in [0.3, 0.4) is 0 Å². The van der Waals surface area contributed by atoms with Gasteiger partial charge < -0.3 is 14.6 Å². The van der Waals surface area contributed by atoms with Gasteiger partial charge in [0.05, 0.1) is 12.1 Å². The summed E-state index contributed by atoms with van der Waals surface area (Å²) in [4.78, 5) is 0. The Labute approximate surface area is 111 Å². The smallest absolute Gasteiger partial charge is 0.161 e. The molecule has 0 aliphatic carbocycles. The predicted octanol–water partition coefficient (Wildman–Crippen LogP) is 3.63. The quantitative estimate of drug-likeness (QED) is 0.916. The summed E-state index contributed by atoms with van der Waals surface area (Å²) in [5.41, 5.74) is 0.878. The first-order chi connectivity index (χ1) is 8.70. The Hall–Kier alpha value is -1.87. The third kappa shape index (κ3) is 2.87. The van der Waals surface area contributed by atoms with E-state index in [0.717, 1.165) is 5.56 Å². The van der Waals surface area contributed by atoms with Gasteiger partial charge in [0.15, 0.2) is 11.5 Å². The van der Waals surface area contributed by atoms with Gasteiger partial charge in [-0.3, -0.25) is 0 Å². The second kappa shape index (κ2) is 5.65. The molecular formula is C14H13ClO3. The number of hydrogen-bond donors (Lipinski definition) is 1. The summed E-state index contributed by atoms with van der Waals surface area (Å²) >= 11 is 5.82. The van der Waals surface area contributed by atoms with E-state index in [1.165, 1.54) is 0 Å². The van der Waals surface area contributed by atoms with Gasteiger partial charge in [0.2, 0.25) is 0 Å². The van der Waals surface area contributed by atoms with Crippen LogP contribution in [0.4, 0.5) is 0 Å². The van der Waals surface area contributed by atoms with Crippen molar-refractivity contribution < 1.29 is 14.6 Å². The summed E-state index contributed by atoms with van der Waals surface area (Å²) in [5.74, 6) is 1.42. The minimum atomic E-state index is 0.0673. The molecule has 0 saturated heterocycles. The van der Waals surface area contributed by atoms with E-state index >= 15 is 0 Å². The van der Waals surface area contributed by atoms with Crippen molar-refractivity contribution in [3.8, 4) is 17.2 Å². The van der Waals surface area contributed by atoms with Crippen molar-refractivity contribution in [1.29, 1.82) is 0 Å². The number of hydrogen-bond acceptors (Lipinski definition) is 3. The van der Waals surface area contributed by atoms with Crippen LogP contribution in [0.25, 0.3) is 0 Å². The van der Waals surface area contributed by atoms with Gasteiger partial charge >= 0.3 is 0 Å². The normalized spacial score (nSPS) is 10.1. The van der Waals surface area contributed by atoms with Crippen LogP contribution in [-0.4, -0.2) is 12.2 Å². The molecule has 2 aromatic rings. The van der Waals surface area contributed by atoms with Crippen LogP contribution in [0.15, 0.2) is 42.5 Å². The minimum absolute atomic E-state index is 0.0673. The molecule has 0 atom stereocenters. The zero-order chi connectivity index (χ0) is 13.0. The lowest BCUT2D eigenvalue weighted by Crippen LogP contribution is -1.97. The SMILES string of the molecule is COc1ccccc1OCc1ccc(O)c(Cl)c1. The molecule has 2 aromatic carbocycles. The first kappa shape index (κ1) is 12.6. The number of phenolic OH excluding ortho intramolecular Hbond substituents is 1. The molecule has 0 fully saturated rings. The molecule has 0 aromatic heterocycles. The Morgan fingerprint density at radius 3 is 2.50 bits per heavy atom. The van der Waals surface area contributed by atoms with Crippen LogP contribution in [0.1, 0.15) is 5.56 Å². The van der Waals surface area contributed by atoms with Gasteiger partial charge in [-0.15, -0.1) is 0 Å². The monoisotopic (exact) mass is 264 g/mol. The average Bonchev–Trinajstić information content (AvgIpc) is 2.40. The van der Waals surface area contributed by atoms with Gasteiger partial charge in [-0.1, -0.05) is 29.8 Å². The van der Waals surface area contributed by atoms with Crippen molar-refractivity contribution in [2.45, 2.75) is 6.61 Å². The lowest BCUT2D eigenvalue weighted by atomic mass is 10.2. The molecule has 1 N–H and O–H groups in total. The maximum atomic E-state index is 9.32. The van der Waals surface area contributed by atoms with E-state index in [9.17, 15) is 5.11 Å². The lowest BCUT2D eigenvalue weighted by Gasteiger charge is -2.10. The Morgan fingerprint density at radius 1 is 1.11 bits per heavy atom. The van der Waals surface area contributed by atoms with E-state index in [2.05, 4.69) is 0 Å². The van der Waals surface area contributed by atoms with E-state index in [0.29, 0.717) is 23.1 Å². The molecule has 0 spiro atoms. The summed E-state index contributed by atoms with van der Waals surface area (Å²) in [5, 5.41) is 9.63. The summed E-state index contributed by atoms with van der Waals surface area (Å²) in [6.07, 6.45) is 0. The van der Waals surface area contributed by atoms with Gasteiger partial charge in [0.25, 0.3) is 0 Å². The molecule has 0 saturated carbocycles. The maximum Gasteiger partial charge on any atom is 0.161 e. The van der Waals surface area contributed by atoms with Crippen LogP contribution in [0, 0.1) is 0 Å². The summed E-state index contributed by atoms with van der Waals surface area (Å²) in [6.45, 7) is 0.361. The van der Waals surface area contributed by atoms with E-state index < -0.39 is 0 Å². The average molecular weight is 265 g/mol. The Morgan fingerprint density at radius 2 is 1.83 bits per heavy atom. The summed E-state index contributed by atoms with van der Waals surface area (Å²) < 4.78 is 10.8. The zero-order valence-electron chi connectivity index (χ0n) is 9.89. The number of aromatic hydroxyl groups is 1. The molecule has 0 unspecified atom stereocenters. The van der Waals surface area contributed by atoms with Crippen molar-refractivity contribution >= 4 is 11.6 Å². The molecule has 0 aliphatic heterocycles. The van der Waals surface area contributed by atoms with E-state index in [1.54, 1.807) is 25.3 Å². The van der Waals surface area contributed by atoms with Crippen LogP contribution < -0.4 is 9.47 Å². The Kier molecular flexibility index (Phi) is 3.95. The minimum Gasteiger partial charge on any atom is -0.506 e. The molecule has 0 amide bonds. The highest BCUT2D eigenvalue weighted by Gasteiger charge is 2.04. The van der Waals surface area contributed by atoms with Crippen LogP contribution in [0.5, 0.6) is 17.2 Å². The third-order valence-electron chi connectivity index (χ3n) is 2.48. The first-order valence-electron chi connectivity index (χ1n) is 5.44. The number of phenols is 1. The van der Waals surface area contributed by atoms with Gasteiger partial charge in [-0.05, 0) is 29.8 Å². The lowest BCUT2D eigenvalue weighted by molar-refractivity contribution is 0.284. The molecular weight excluding hydrogens is 252 g/mol. The van der Waals surface area contributed by atoms with Crippen LogP contribution >= 0.6 is 11.6 Å². The topological polar surface area (TPSA) is 38.7 Å². The van der Waals surface area contributed by atoms with Crippen molar-refractivity contribution in [3.05, 3.63) is 53.1 Å². The fourth-order valence-corrected chi connectivity index (χ4v) is 1.74. The second-order valence-corrected chi connectivity index (χ2v) is 4.13. The first-order valence-corrected chi connectivity index (χ1v) is 5.81.